The zero-order chi connectivity index (χ0) is 16.7. The minimum Gasteiger partial charge on any atom is -0.468 e. The molecule has 23 heavy (non-hydrogen) atoms. The molecule has 2 rings (SSSR count). The Morgan fingerprint density at radius 3 is 2.57 bits per heavy atom. The van der Waals surface area contributed by atoms with Gasteiger partial charge in [-0.2, -0.15) is 0 Å². The van der Waals surface area contributed by atoms with Crippen LogP contribution in [0, 0.1) is 13.8 Å². The van der Waals surface area contributed by atoms with Crippen molar-refractivity contribution in [3.8, 4) is 5.75 Å². The summed E-state index contributed by atoms with van der Waals surface area (Å²) in [5.74, 6) is 0.572. The quantitative estimate of drug-likeness (QED) is 0.649. The number of hydrogen-bond donors (Lipinski definition) is 1. The Balaban J connectivity index is 1.96. The van der Waals surface area contributed by atoms with Crippen LogP contribution >= 0.6 is 0 Å². The summed E-state index contributed by atoms with van der Waals surface area (Å²) in [5.41, 5.74) is 3.91. The van der Waals surface area contributed by atoms with Gasteiger partial charge in [0.15, 0.2) is 6.79 Å². The SMILES string of the molecule is COCOc1ccc(/C=C/C(=O)Nc2cc(C)ccc2C)cc1. The first-order valence-corrected chi connectivity index (χ1v) is 7.36. The lowest BCUT2D eigenvalue weighted by molar-refractivity contribution is -0.111. The van der Waals surface area contributed by atoms with E-state index in [0.717, 1.165) is 28.1 Å². The highest BCUT2D eigenvalue weighted by Crippen LogP contribution is 2.17. The van der Waals surface area contributed by atoms with Crippen molar-refractivity contribution in [1.29, 1.82) is 0 Å². The van der Waals surface area contributed by atoms with Crippen LogP contribution in [0.5, 0.6) is 5.75 Å². The number of anilines is 1. The van der Waals surface area contributed by atoms with Crippen LogP contribution in [0.3, 0.4) is 0 Å². The molecule has 0 heterocycles. The summed E-state index contributed by atoms with van der Waals surface area (Å²) in [6.45, 7) is 4.18. The van der Waals surface area contributed by atoms with Crippen LogP contribution in [-0.2, 0) is 9.53 Å². The van der Waals surface area contributed by atoms with Gasteiger partial charge in [-0.05, 0) is 54.8 Å². The molecule has 0 aliphatic heterocycles. The molecule has 2 aromatic rings. The van der Waals surface area contributed by atoms with Crippen molar-refractivity contribution < 1.29 is 14.3 Å². The molecular formula is C19H21NO3. The van der Waals surface area contributed by atoms with Gasteiger partial charge in [-0.3, -0.25) is 4.79 Å². The maximum atomic E-state index is 12.0. The maximum absolute atomic E-state index is 12.0. The summed E-state index contributed by atoms with van der Waals surface area (Å²) < 4.78 is 10.2. The molecule has 0 spiro atoms. The number of aryl methyl sites for hydroxylation is 2. The Kier molecular flexibility index (Phi) is 5.94. The lowest BCUT2D eigenvalue weighted by atomic mass is 10.1. The van der Waals surface area contributed by atoms with Gasteiger partial charge in [-0.1, -0.05) is 24.3 Å². The smallest absolute Gasteiger partial charge is 0.248 e. The van der Waals surface area contributed by atoms with Crippen LogP contribution in [0.2, 0.25) is 0 Å². The Hall–Kier alpha value is -2.59. The van der Waals surface area contributed by atoms with E-state index < -0.39 is 0 Å². The molecule has 1 N–H and O–H groups in total. The van der Waals surface area contributed by atoms with Gasteiger partial charge in [-0.15, -0.1) is 0 Å². The van der Waals surface area contributed by atoms with Crippen LogP contribution in [0.4, 0.5) is 5.69 Å². The summed E-state index contributed by atoms with van der Waals surface area (Å²) >= 11 is 0. The molecule has 0 bridgehead atoms. The topological polar surface area (TPSA) is 47.6 Å². The minimum atomic E-state index is -0.154. The third-order valence-corrected chi connectivity index (χ3v) is 3.30. The average Bonchev–Trinajstić information content (AvgIpc) is 2.55. The van der Waals surface area contributed by atoms with Gasteiger partial charge in [-0.25, -0.2) is 0 Å². The molecule has 0 radical (unpaired) electrons. The monoisotopic (exact) mass is 311 g/mol. The molecule has 0 aliphatic carbocycles. The molecule has 0 saturated carbocycles. The molecule has 0 saturated heterocycles. The van der Waals surface area contributed by atoms with E-state index in [2.05, 4.69) is 5.32 Å². The van der Waals surface area contributed by atoms with Crippen LogP contribution in [0.15, 0.2) is 48.5 Å². The van der Waals surface area contributed by atoms with E-state index in [0.29, 0.717) is 0 Å². The summed E-state index contributed by atoms with van der Waals surface area (Å²) in [4.78, 5) is 12.0. The molecular weight excluding hydrogens is 290 g/mol. The number of amides is 1. The van der Waals surface area contributed by atoms with Crippen molar-refractivity contribution in [1.82, 2.24) is 0 Å². The third kappa shape index (κ3) is 5.27. The zero-order valence-corrected chi connectivity index (χ0v) is 13.6. The Morgan fingerprint density at radius 2 is 1.87 bits per heavy atom. The highest BCUT2D eigenvalue weighted by molar-refractivity contribution is 6.02. The first-order chi connectivity index (χ1) is 11.1. The minimum absolute atomic E-state index is 0.154. The van der Waals surface area contributed by atoms with E-state index in [1.807, 2.05) is 56.3 Å². The number of carbonyl (C=O) groups is 1. The van der Waals surface area contributed by atoms with E-state index in [9.17, 15) is 4.79 Å². The third-order valence-electron chi connectivity index (χ3n) is 3.30. The van der Waals surface area contributed by atoms with Crippen LogP contribution in [-0.4, -0.2) is 19.8 Å². The largest absolute Gasteiger partial charge is 0.468 e. The molecule has 1 amide bonds. The van der Waals surface area contributed by atoms with Gasteiger partial charge >= 0.3 is 0 Å². The van der Waals surface area contributed by atoms with Gasteiger partial charge in [0.05, 0.1) is 0 Å². The number of nitrogens with one attached hydrogen (secondary N) is 1. The number of methoxy groups -OCH3 is 1. The Bertz CT molecular complexity index is 690. The van der Waals surface area contributed by atoms with E-state index in [4.69, 9.17) is 9.47 Å². The van der Waals surface area contributed by atoms with Gasteiger partial charge in [0, 0.05) is 18.9 Å². The van der Waals surface area contributed by atoms with Crippen LogP contribution < -0.4 is 10.1 Å². The number of hydrogen-bond acceptors (Lipinski definition) is 3. The Morgan fingerprint density at radius 1 is 1.13 bits per heavy atom. The van der Waals surface area contributed by atoms with E-state index in [-0.39, 0.29) is 12.7 Å². The molecule has 4 heteroatoms. The standard InChI is InChI=1S/C19H21NO3/c1-14-4-5-15(2)18(12-14)20-19(21)11-8-16-6-9-17(10-7-16)23-13-22-3/h4-12H,13H2,1-3H3,(H,20,21)/b11-8+. The van der Waals surface area contributed by atoms with Crippen molar-refractivity contribution in [3.63, 3.8) is 0 Å². The van der Waals surface area contributed by atoms with Gasteiger partial charge in [0.25, 0.3) is 0 Å². The summed E-state index contributed by atoms with van der Waals surface area (Å²) in [6, 6.07) is 13.4. The summed E-state index contributed by atoms with van der Waals surface area (Å²) in [5, 5.41) is 2.89. The molecule has 0 fully saturated rings. The molecule has 0 aliphatic rings. The number of ether oxygens (including phenoxy) is 2. The second kappa shape index (κ2) is 8.15. The van der Waals surface area contributed by atoms with Crippen molar-refractivity contribution in [2.75, 3.05) is 19.2 Å². The first kappa shape index (κ1) is 16.8. The molecule has 120 valence electrons. The fourth-order valence-electron chi connectivity index (χ4n) is 2.02. The molecule has 2 aromatic carbocycles. The molecule has 0 atom stereocenters. The van der Waals surface area contributed by atoms with Crippen molar-refractivity contribution in [3.05, 3.63) is 65.2 Å². The number of rotatable bonds is 6. The lowest BCUT2D eigenvalue weighted by Crippen LogP contribution is -2.09. The maximum Gasteiger partial charge on any atom is 0.248 e. The molecule has 4 nitrogen and oxygen atoms in total. The average molecular weight is 311 g/mol. The highest BCUT2D eigenvalue weighted by Gasteiger charge is 2.02. The lowest BCUT2D eigenvalue weighted by Gasteiger charge is -2.07. The van der Waals surface area contributed by atoms with Crippen molar-refractivity contribution in [2.45, 2.75) is 13.8 Å². The predicted octanol–water partition coefficient (Wildman–Crippen LogP) is 3.94. The second-order valence-corrected chi connectivity index (χ2v) is 5.26. The normalized spacial score (nSPS) is 10.7. The van der Waals surface area contributed by atoms with Crippen molar-refractivity contribution in [2.24, 2.45) is 0 Å². The van der Waals surface area contributed by atoms with Crippen molar-refractivity contribution >= 4 is 17.7 Å². The van der Waals surface area contributed by atoms with Crippen LogP contribution in [0.1, 0.15) is 16.7 Å². The van der Waals surface area contributed by atoms with Gasteiger partial charge < -0.3 is 14.8 Å². The number of carbonyl (C=O) groups excluding carboxylic acids is 1. The van der Waals surface area contributed by atoms with E-state index in [1.54, 1.807) is 13.2 Å². The fraction of sp³-hybridized carbons (Fsp3) is 0.211. The molecule has 0 unspecified atom stereocenters. The van der Waals surface area contributed by atoms with Gasteiger partial charge in [0.1, 0.15) is 5.75 Å². The second-order valence-electron chi connectivity index (χ2n) is 5.26. The molecule has 0 aromatic heterocycles. The van der Waals surface area contributed by atoms with Crippen LogP contribution in [0.25, 0.3) is 6.08 Å². The Labute approximate surface area is 136 Å². The first-order valence-electron chi connectivity index (χ1n) is 7.36. The van der Waals surface area contributed by atoms with E-state index >= 15 is 0 Å². The van der Waals surface area contributed by atoms with Gasteiger partial charge in [0.2, 0.25) is 5.91 Å². The predicted molar refractivity (Wildman–Crippen MR) is 92.5 cm³/mol. The summed E-state index contributed by atoms with van der Waals surface area (Å²) in [6.07, 6.45) is 3.29. The fourth-order valence-corrected chi connectivity index (χ4v) is 2.02. The highest BCUT2D eigenvalue weighted by atomic mass is 16.7. The summed E-state index contributed by atoms with van der Waals surface area (Å²) in [7, 11) is 1.58. The zero-order valence-electron chi connectivity index (χ0n) is 13.6. The number of benzene rings is 2. The van der Waals surface area contributed by atoms with E-state index in [1.165, 1.54) is 6.08 Å².